The van der Waals surface area contributed by atoms with Gasteiger partial charge >= 0.3 is 0 Å². The molecule has 41 heavy (non-hydrogen) atoms. The molecule has 0 fully saturated rings. The molecule has 0 aliphatic rings. The van der Waals surface area contributed by atoms with Crippen LogP contribution in [-0.4, -0.2) is 45.1 Å². The maximum absolute atomic E-state index is 6.25. The minimum Gasteiger partial charge on any atom is -0.497 e. The highest BCUT2D eigenvalue weighted by atomic mass is 16.5. The normalized spacial score (nSPS) is 10.7. The average Bonchev–Trinajstić information content (AvgIpc) is 3.48. The highest BCUT2D eigenvalue weighted by Gasteiger charge is 2.22. The van der Waals surface area contributed by atoms with Crippen LogP contribution in [0.2, 0.25) is 0 Å². The molecule has 8 heteroatoms. The van der Waals surface area contributed by atoms with E-state index in [9.17, 15) is 0 Å². The van der Waals surface area contributed by atoms with Crippen LogP contribution >= 0.6 is 0 Å². The molecular formula is C33H32N2O6. The van der Waals surface area contributed by atoms with E-state index in [1.54, 1.807) is 41.9 Å². The summed E-state index contributed by atoms with van der Waals surface area (Å²) in [5, 5.41) is 0. The summed E-state index contributed by atoms with van der Waals surface area (Å²) in [5.41, 5.74) is 5.21. The van der Waals surface area contributed by atoms with Crippen molar-refractivity contribution in [2.45, 2.75) is 6.61 Å². The van der Waals surface area contributed by atoms with Crippen molar-refractivity contribution in [2.24, 2.45) is 0 Å². The molecule has 5 rings (SSSR count). The van der Waals surface area contributed by atoms with Gasteiger partial charge in [-0.15, -0.1) is 0 Å². The van der Waals surface area contributed by atoms with Gasteiger partial charge in [-0.25, -0.2) is 4.98 Å². The van der Waals surface area contributed by atoms with Crippen LogP contribution in [0.1, 0.15) is 5.56 Å². The molecule has 0 radical (unpaired) electrons. The third kappa shape index (κ3) is 5.63. The fourth-order valence-corrected chi connectivity index (χ4v) is 4.66. The van der Waals surface area contributed by atoms with Crippen molar-refractivity contribution in [1.29, 1.82) is 0 Å². The second-order valence-corrected chi connectivity index (χ2v) is 9.06. The molecule has 0 saturated carbocycles. The van der Waals surface area contributed by atoms with Gasteiger partial charge in [0.2, 0.25) is 5.75 Å². The number of hydrogen-bond acceptors (Lipinski definition) is 7. The lowest BCUT2D eigenvalue weighted by molar-refractivity contribution is 0.284. The average molecular weight is 553 g/mol. The molecule has 0 aliphatic heterocycles. The molecule has 1 aromatic heterocycles. The first-order chi connectivity index (χ1) is 20.1. The summed E-state index contributed by atoms with van der Waals surface area (Å²) >= 11 is 0. The SMILES string of the molecule is COc1ccc(-n2cnc(-c3cc(OC)c(OC)c(OC)c3)c2-c2ccc(OC)c(OCc3ccccc3)c2)cc1. The Morgan fingerprint density at radius 2 is 1.27 bits per heavy atom. The zero-order valence-electron chi connectivity index (χ0n) is 23.7. The van der Waals surface area contributed by atoms with Crippen molar-refractivity contribution in [3.05, 3.63) is 96.8 Å². The Hall–Kier alpha value is -5.11. The Morgan fingerprint density at radius 1 is 0.610 bits per heavy atom. The minimum atomic E-state index is 0.401. The Labute approximate surface area is 239 Å². The largest absolute Gasteiger partial charge is 0.497 e. The fraction of sp³-hybridized carbons (Fsp3) is 0.182. The van der Waals surface area contributed by atoms with Crippen LogP contribution in [0.4, 0.5) is 0 Å². The summed E-state index contributed by atoms with van der Waals surface area (Å²) in [6.45, 7) is 0.401. The van der Waals surface area contributed by atoms with Crippen LogP contribution in [-0.2, 0) is 6.61 Å². The predicted octanol–water partition coefficient (Wildman–Crippen LogP) is 6.83. The van der Waals surface area contributed by atoms with E-state index in [1.165, 1.54) is 0 Å². The molecule has 0 aliphatic carbocycles. The molecule has 4 aromatic carbocycles. The van der Waals surface area contributed by atoms with Crippen LogP contribution in [0.3, 0.4) is 0 Å². The summed E-state index contributed by atoms with van der Waals surface area (Å²) in [6.07, 6.45) is 1.80. The first-order valence-electron chi connectivity index (χ1n) is 13.0. The molecule has 5 aromatic rings. The first kappa shape index (κ1) is 27.5. The van der Waals surface area contributed by atoms with E-state index in [0.29, 0.717) is 35.4 Å². The van der Waals surface area contributed by atoms with Crippen molar-refractivity contribution >= 4 is 0 Å². The number of rotatable bonds is 11. The third-order valence-corrected chi connectivity index (χ3v) is 6.73. The maximum atomic E-state index is 6.25. The summed E-state index contributed by atoms with van der Waals surface area (Å²) in [5.74, 6) is 3.60. The first-order valence-corrected chi connectivity index (χ1v) is 13.0. The summed E-state index contributed by atoms with van der Waals surface area (Å²) in [6, 6.07) is 27.5. The Kier molecular flexibility index (Phi) is 8.29. The van der Waals surface area contributed by atoms with E-state index in [1.807, 2.05) is 89.5 Å². The zero-order chi connectivity index (χ0) is 28.8. The molecule has 0 unspecified atom stereocenters. The summed E-state index contributed by atoms with van der Waals surface area (Å²) < 4.78 is 36.1. The lowest BCUT2D eigenvalue weighted by atomic mass is 10.0. The smallest absolute Gasteiger partial charge is 0.203 e. The topological polar surface area (TPSA) is 73.2 Å². The number of aromatic nitrogens is 2. The van der Waals surface area contributed by atoms with Gasteiger partial charge in [-0.2, -0.15) is 0 Å². The van der Waals surface area contributed by atoms with Crippen LogP contribution in [0.15, 0.2) is 91.3 Å². The number of nitrogens with zero attached hydrogens (tertiary/aromatic N) is 2. The number of imidazole rings is 1. The highest BCUT2D eigenvalue weighted by Crippen LogP contribution is 2.44. The van der Waals surface area contributed by atoms with Crippen molar-refractivity contribution in [1.82, 2.24) is 9.55 Å². The van der Waals surface area contributed by atoms with Gasteiger partial charge in [0, 0.05) is 16.8 Å². The van der Waals surface area contributed by atoms with E-state index in [0.717, 1.165) is 39.5 Å². The monoisotopic (exact) mass is 552 g/mol. The van der Waals surface area contributed by atoms with Gasteiger partial charge in [-0.05, 0) is 60.2 Å². The number of methoxy groups -OCH3 is 5. The van der Waals surface area contributed by atoms with E-state index in [4.69, 9.17) is 33.4 Å². The molecule has 0 N–H and O–H groups in total. The van der Waals surface area contributed by atoms with E-state index in [-0.39, 0.29) is 0 Å². The minimum absolute atomic E-state index is 0.401. The number of ether oxygens (including phenoxy) is 6. The highest BCUT2D eigenvalue weighted by molar-refractivity contribution is 5.83. The van der Waals surface area contributed by atoms with E-state index < -0.39 is 0 Å². The van der Waals surface area contributed by atoms with Gasteiger partial charge in [0.25, 0.3) is 0 Å². The van der Waals surface area contributed by atoms with Crippen LogP contribution in [0.25, 0.3) is 28.2 Å². The molecule has 8 nitrogen and oxygen atoms in total. The Balaban J connectivity index is 1.67. The standard InChI is InChI=1S/C33H32N2O6/c1-36-26-14-12-25(13-15-26)35-21-34-31(24-18-29(38-3)33(40-5)30(19-24)39-4)32(35)23-11-16-27(37-2)28(17-23)41-20-22-9-7-6-8-10-22/h6-19,21H,20H2,1-5H3. The predicted molar refractivity (Wildman–Crippen MR) is 158 cm³/mol. The lowest BCUT2D eigenvalue weighted by Crippen LogP contribution is -2.00. The van der Waals surface area contributed by atoms with E-state index >= 15 is 0 Å². The van der Waals surface area contributed by atoms with Gasteiger partial charge in [0.05, 0.1) is 46.9 Å². The van der Waals surface area contributed by atoms with Crippen molar-refractivity contribution in [3.63, 3.8) is 0 Å². The summed E-state index contributed by atoms with van der Waals surface area (Å²) in [4.78, 5) is 4.86. The van der Waals surface area contributed by atoms with Crippen molar-refractivity contribution in [3.8, 4) is 62.7 Å². The molecular weight excluding hydrogens is 520 g/mol. The Morgan fingerprint density at radius 3 is 1.88 bits per heavy atom. The van der Waals surface area contributed by atoms with E-state index in [2.05, 4.69) is 0 Å². The summed E-state index contributed by atoms with van der Waals surface area (Å²) in [7, 11) is 8.05. The van der Waals surface area contributed by atoms with Gasteiger partial charge in [0.15, 0.2) is 23.0 Å². The van der Waals surface area contributed by atoms with Crippen molar-refractivity contribution < 1.29 is 28.4 Å². The molecule has 210 valence electrons. The van der Waals surface area contributed by atoms with Crippen LogP contribution in [0, 0.1) is 0 Å². The maximum Gasteiger partial charge on any atom is 0.203 e. The molecule has 0 atom stereocenters. The second kappa shape index (κ2) is 12.4. The molecule has 0 saturated heterocycles. The molecule has 0 bridgehead atoms. The van der Waals surface area contributed by atoms with Gasteiger partial charge in [-0.3, -0.25) is 4.57 Å². The fourth-order valence-electron chi connectivity index (χ4n) is 4.66. The Bertz CT molecular complexity index is 1590. The second-order valence-electron chi connectivity index (χ2n) is 9.06. The lowest BCUT2D eigenvalue weighted by Gasteiger charge is -2.17. The van der Waals surface area contributed by atoms with Crippen LogP contribution in [0.5, 0.6) is 34.5 Å². The van der Waals surface area contributed by atoms with Crippen molar-refractivity contribution in [2.75, 3.05) is 35.5 Å². The van der Waals surface area contributed by atoms with Gasteiger partial charge in [0.1, 0.15) is 18.7 Å². The zero-order valence-corrected chi connectivity index (χ0v) is 23.7. The van der Waals surface area contributed by atoms with Gasteiger partial charge < -0.3 is 28.4 Å². The third-order valence-electron chi connectivity index (χ3n) is 6.73. The number of hydrogen-bond donors (Lipinski definition) is 0. The molecule has 0 amide bonds. The number of benzene rings is 4. The molecule has 1 heterocycles. The molecule has 0 spiro atoms. The quantitative estimate of drug-likeness (QED) is 0.178. The van der Waals surface area contributed by atoms with Gasteiger partial charge in [-0.1, -0.05) is 30.3 Å². The van der Waals surface area contributed by atoms with Crippen LogP contribution < -0.4 is 28.4 Å².